The molecule has 3 nitrogen and oxygen atoms in total. The van der Waals surface area contributed by atoms with E-state index in [0.29, 0.717) is 0 Å². The Hall–Kier alpha value is -1.35. The standard InChI is InChI=1S/C14H21NO2/c1-5-15(6-2)13(14(16)17)12-8-7-10(3)9-11(12)4/h7-9,13H,5-6H2,1-4H3,(H,16,17). The second kappa shape index (κ2) is 5.82. The lowest BCUT2D eigenvalue weighted by Crippen LogP contribution is -2.34. The lowest BCUT2D eigenvalue weighted by atomic mass is 9.98. The molecule has 0 radical (unpaired) electrons. The third-order valence-electron chi connectivity index (χ3n) is 3.13. The third kappa shape index (κ3) is 3.07. The molecule has 1 atom stereocenters. The van der Waals surface area contributed by atoms with Crippen LogP contribution in [0, 0.1) is 13.8 Å². The number of carboxylic acids is 1. The van der Waals surface area contributed by atoms with Gasteiger partial charge in [0.1, 0.15) is 6.04 Å². The van der Waals surface area contributed by atoms with Crippen LogP contribution in [-0.2, 0) is 4.79 Å². The van der Waals surface area contributed by atoms with Gasteiger partial charge in [-0.3, -0.25) is 9.69 Å². The van der Waals surface area contributed by atoms with E-state index in [1.807, 2.05) is 50.8 Å². The first-order valence-electron chi connectivity index (χ1n) is 6.05. The van der Waals surface area contributed by atoms with Crippen LogP contribution < -0.4 is 0 Å². The van der Waals surface area contributed by atoms with Gasteiger partial charge in [0.25, 0.3) is 0 Å². The zero-order chi connectivity index (χ0) is 13.0. The fourth-order valence-corrected chi connectivity index (χ4v) is 2.21. The van der Waals surface area contributed by atoms with E-state index in [2.05, 4.69) is 0 Å². The highest BCUT2D eigenvalue weighted by Crippen LogP contribution is 2.24. The van der Waals surface area contributed by atoms with Gasteiger partial charge in [0, 0.05) is 0 Å². The smallest absolute Gasteiger partial charge is 0.325 e. The van der Waals surface area contributed by atoms with Crippen LogP contribution in [0.3, 0.4) is 0 Å². The van der Waals surface area contributed by atoms with Crippen molar-refractivity contribution in [3.8, 4) is 0 Å². The maximum absolute atomic E-state index is 11.5. The number of benzene rings is 1. The second-order valence-corrected chi connectivity index (χ2v) is 4.32. The molecule has 0 saturated heterocycles. The Morgan fingerprint density at radius 2 is 1.88 bits per heavy atom. The summed E-state index contributed by atoms with van der Waals surface area (Å²) < 4.78 is 0. The van der Waals surface area contributed by atoms with Gasteiger partial charge in [-0.25, -0.2) is 0 Å². The molecule has 0 fully saturated rings. The Balaban J connectivity index is 3.18. The quantitative estimate of drug-likeness (QED) is 0.853. The molecule has 1 aromatic carbocycles. The molecule has 1 rings (SSSR count). The van der Waals surface area contributed by atoms with Gasteiger partial charge in [-0.05, 0) is 38.1 Å². The molecular formula is C14H21NO2. The molecule has 0 saturated carbocycles. The maximum Gasteiger partial charge on any atom is 0.325 e. The van der Waals surface area contributed by atoms with Gasteiger partial charge in [-0.15, -0.1) is 0 Å². The van der Waals surface area contributed by atoms with Gasteiger partial charge < -0.3 is 5.11 Å². The molecule has 1 aromatic rings. The highest BCUT2D eigenvalue weighted by molar-refractivity contribution is 5.76. The minimum absolute atomic E-state index is 0.536. The number of hydrogen-bond donors (Lipinski definition) is 1. The van der Waals surface area contributed by atoms with E-state index in [9.17, 15) is 9.90 Å². The van der Waals surface area contributed by atoms with Crippen LogP contribution in [0.2, 0.25) is 0 Å². The summed E-state index contributed by atoms with van der Waals surface area (Å²) in [6, 6.07) is 5.41. The molecule has 17 heavy (non-hydrogen) atoms. The van der Waals surface area contributed by atoms with Crippen molar-refractivity contribution >= 4 is 5.97 Å². The van der Waals surface area contributed by atoms with Crippen LogP contribution in [-0.4, -0.2) is 29.1 Å². The Morgan fingerprint density at radius 1 is 1.29 bits per heavy atom. The van der Waals surface area contributed by atoms with E-state index in [1.54, 1.807) is 0 Å². The molecule has 3 heteroatoms. The minimum Gasteiger partial charge on any atom is -0.480 e. The van der Waals surface area contributed by atoms with Gasteiger partial charge in [0.05, 0.1) is 0 Å². The highest BCUT2D eigenvalue weighted by atomic mass is 16.4. The van der Waals surface area contributed by atoms with E-state index in [4.69, 9.17) is 0 Å². The first kappa shape index (κ1) is 13.7. The monoisotopic (exact) mass is 235 g/mol. The van der Waals surface area contributed by atoms with Crippen molar-refractivity contribution in [3.05, 3.63) is 34.9 Å². The summed E-state index contributed by atoms with van der Waals surface area (Å²) >= 11 is 0. The minimum atomic E-state index is -0.777. The topological polar surface area (TPSA) is 40.5 Å². The zero-order valence-corrected chi connectivity index (χ0v) is 11.0. The summed E-state index contributed by atoms with van der Waals surface area (Å²) in [7, 11) is 0. The predicted octanol–water partition coefficient (Wildman–Crippen LogP) is 2.77. The van der Waals surface area contributed by atoms with Crippen LogP contribution in [0.5, 0.6) is 0 Å². The molecule has 1 N–H and O–H groups in total. The zero-order valence-electron chi connectivity index (χ0n) is 11.0. The first-order valence-corrected chi connectivity index (χ1v) is 6.05. The molecule has 0 amide bonds. The summed E-state index contributed by atoms with van der Waals surface area (Å²) in [4.78, 5) is 13.4. The fourth-order valence-electron chi connectivity index (χ4n) is 2.21. The van der Waals surface area contributed by atoms with E-state index >= 15 is 0 Å². The molecule has 0 aliphatic carbocycles. The van der Waals surface area contributed by atoms with Crippen molar-refractivity contribution in [2.24, 2.45) is 0 Å². The van der Waals surface area contributed by atoms with Gasteiger partial charge in [0.2, 0.25) is 0 Å². The van der Waals surface area contributed by atoms with Gasteiger partial charge in [0.15, 0.2) is 0 Å². The summed E-state index contributed by atoms with van der Waals surface area (Å²) in [6.45, 7) is 9.44. The van der Waals surface area contributed by atoms with Crippen molar-refractivity contribution in [2.75, 3.05) is 13.1 Å². The number of aliphatic carboxylic acids is 1. The Bertz CT molecular complexity index is 397. The summed E-state index contributed by atoms with van der Waals surface area (Å²) in [5.74, 6) is -0.777. The highest BCUT2D eigenvalue weighted by Gasteiger charge is 2.26. The second-order valence-electron chi connectivity index (χ2n) is 4.32. The molecule has 0 heterocycles. The summed E-state index contributed by atoms with van der Waals surface area (Å²) in [5.41, 5.74) is 3.10. The predicted molar refractivity (Wildman–Crippen MR) is 69.2 cm³/mol. The number of aryl methyl sites for hydroxylation is 2. The van der Waals surface area contributed by atoms with Gasteiger partial charge >= 0.3 is 5.97 Å². The van der Waals surface area contributed by atoms with Crippen molar-refractivity contribution in [2.45, 2.75) is 33.7 Å². The van der Waals surface area contributed by atoms with E-state index in [1.165, 1.54) is 0 Å². The van der Waals surface area contributed by atoms with E-state index < -0.39 is 12.0 Å². The number of hydrogen-bond acceptors (Lipinski definition) is 2. The van der Waals surface area contributed by atoms with Crippen molar-refractivity contribution < 1.29 is 9.90 Å². The molecule has 94 valence electrons. The first-order chi connectivity index (χ1) is 8.01. The molecule has 0 spiro atoms. The fraction of sp³-hybridized carbons (Fsp3) is 0.500. The molecule has 1 unspecified atom stereocenters. The number of carboxylic acid groups (broad SMARTS) is 1. The molecular weight excluding hydrogens is 214 g/mol. The van der Waals surface area contributed by atoms with Crippen molar-refractivity contribution in [1.82, 2.24) is 4.90 Å². The largest absolute Gasteiger partial charge is 0.480 e. The van der Waals surface area contributed by atoms with Crippen LogP contribution in [0.4, 0.5) is 0 Å². The van der Waals surface area contributed by atoms with Gasteiger partial charge in [-0.1, -0.05) is 37.6 Å². The van der Waals surface area contributed by atoms with Gasteiger partial charge in [-0.2, -0.15) is 0 Å². The Labute approximate surface area is 103 Å². The van der Waals surface area contributed by atoms with Crippen LogP contribution in [0.15, 0.2) is 18.2 Å². The van der Waals surface area contributed by atoms with Crippen LogP contribution >= 0.6 is 0 Å². The molecule has 0 aromatic heterocycles. The SMILES string of the molecule is CCN(CC)C(C(=O)O)c1ccc(C)cc1C. The molecule has 0 bridgehead atoms. The average molecular weight is 235 g/mol. The van der Waals surface area contributed by atoms with Crippen LogP contribution in [0.25, 0.3) is 0 Å². The van der Waals surface area contributed by atoms with Crippen LogP contribution in [0.1, 0.15) is 36.6 Å². The lowest BCUT2D eigenvalue weighted by Gasteiger charge is -2.27. The number of likely N-dealkylation sites (N-methyl/N-ethyl adjacent to an activating group) is 1. The lowest BCUT2D eigenvalue weighted by molar-refractivity contribution is -0.143. The van der Waals surface area contributed by atoms with Crippen molar-refractivity contribution in [1.29, 1.82) is 0 Å². The number of carbonyl (C=O) groups is 1. The Kier molecular flexibility index (Phi) is 4.70. The van der Waals surface area contributed by atoms with E-state index in [-0.39, 0.29) is 0 Å². The summed E-state index contributed by atoms with van der Waals surface area (Å²) in [6.07, 6.45) is 0. The number of nitrogens with zero attached hydrogens (tertiary/aromatic N) is 1. The van der Waals surface area contributed by atoms with E-state index in [0.717, 1.165) is 29.8 Å². The average Bonchev–Trinajstić information content (AvgIpc) is 2.26. The number of rotatable bonds is 5. The Morgan fingerprint density at radius 3 is 2.29 bits per heavy atom. The van der Waals surface area contributed by atoms with Crippen molar-refractivity contribution in [3.63, 3.8) is 0 Å². The summed E-state index contributed by atoms with van der Waals surface area (Å²) in [5, 5.41) is 9.41. The maximum atomic E-state index is 11.5. The molecule has 0 aliphatic heterocycles. The molecule has 0 aliphatic rings. The normalized spacial score (nSPS) is 12.8. The third-order valence-corrected chi connectivity index (χ3v) is 3.13.